The summed E-state index contributed by atoms with van der Waals surface area (Å²) in [5.41, 5.74) is 3.48. The van der Waals surface area contributed by atoms with Crippen molar-refractivity contribution in [3.05, 3.63) is 35.0 Å². The van der Waals surface area contributed by atoms with Gasteiger partial charge in [0.15, 0.2) is 0 Å². The van der Waals surface area contributed by atoms with Crippen LogP contribution >= 0.6 is 0 Å². The molecule has 6 heteroatoms. The van der Waals surface area contributed by atoms with Gasteiger partial charge in [0.2, 0.25) is 0 Å². The van der Waals surface area contributed by atoms with E-state index in [4.69, 9.17) is 9.63 Å². The molecule has 3 rings (SSSR count). The molecule has 1 aliphatic heterocycles. The minimum Gasteiger partial charge on any atom is -0.394 e. The van der Waals surface area contributed by atoms with E-state index in [1.165, 1.54) is 11.3 Å². The molecular formula is C16H24N4O2. The molecule has 120 valence electrons. The summed E-state index contributed by atoms with van der Waals surface area (Å²) in [5.74, 6) is 1.47. The lowest BCUT2D eigenvalue weighted by Crippen LogP contribution is -2.33. The largest absolute Gasteiger partial charge is 0.394 e. The number of hydrogen-bond donors (Lipinski definition) is 1. The van der Waals surface area contributed by atoms with Crippen LogP contribution in [0.1, 0.15) is 41.5 Å². The highest BCUT2D eigenvalue weighted by Crippen LogP contribution is 2.29. The molecule has 0 saturated carbocycles. The Labute approximate surface area is 130 Å². The van der Waals surface area contributed by atoms with Crippen molar-refractivity contribution in [1.29, 1.82) is 0 Å². The molecule has 0 radical (unpaired) electrons. The molecule has 2 aromatic heterocycles. The second-order valence-electron chi connectivity index (χ2n) is 6.06. The van der Waals surface area contributed by atoms with E-state index in [0.29, 0.717) is 12.5 Å². The zero-order valence-electron chi connectivity index (χ0n) is 13.3. The summed E-state index contributed by atoms with van der Waals surface area (Å²) in [6.07, 6.45) is 4.09. The van der Waals surface area contributed by atoms with Crippen LogP contribution in [0.4, 0.5) is 0 Å². The molecule has 1 aliphatic rings. The number of aromatic nitrogens is 3. The number of rotatable bonds is 5. The first kappa shape index (κ1) is 15.2. The fourth-order valence-electron chi connectivity index (χ4n) is 3.31. The zero-order valence-corrected chi connectivity index (χ0v) is 13.3. The Balaban J connectivity index is 1.59. The van der Waals surface area contributed by atoms with Crippen molar-refractivity contribution in [2.45, 2.75) is 45.7 Å². The number of hydrogen-bond acceptors (Lipinski definition) is 5. The van der Waals surface area contributed by atoms with E-state index >= 15 is 0 Å². The van der Waals surface area contributed by atoms with Crippen LogP contribution in [0.15, 0.2) is 16.8 Å². The first-order valence-electron chi connectivity index (χ1n) is 7.95. The van der Waals surface area contributed by atoms with E-state index in [-0.39, 0.29) is 6.61 Å². The van der Waals surface area contributed by atoms with Crippen molar-refractivity contribution in [3.8, 4) is 0 Å². The summed E-state index contributed by atoms with van der Waals surface area (Å²) in [5, 5.41) is 17.5. The summed E-state index contributed by atoms with van der Waals surface area (Å²) < 4.78 is 7.19. The van der Waals surface area contributed by atoms with Gasteiger partial charge in [0, 0.05) is 29.9 Å². The molecule has 0 atom stereocenters. The van der Waals surface area contributed by atoms with Crippen molar-refractivity contribution in [3.63, 3.8) is 0 Å². The smallest absolute Gasteiger partial charge is 0.138 e. The van der Waals surface area contributed by atoms with Gasteiger partial charge in [-0.2, -0.15) is 5.10 Å². The summed E-state index contributed by atoms with van der Waals surface area (Å²) in [6.45, 7) is 7.77. The maximum Gasteiger partial charge on any atom is 0.138 e. The minimum absolute atomic E-state index is 0.138. The van der Waals surface area contributed by atoms with Crippen molar-refractivity contribution in [2.75, 3.05) is 19.7 Å². The Morgan fingerprint density at radius 1 is 1.32 bits per heavy atom. The van der Waals surface area contributed by atoms with Crippen LogP contribution in [-0.2, 0) is 13.1 Å². The van der Waals surface area contributed by atoms with Crippen LogP contribution < -0.4 is 0 Å². The van der Waals surface area contributed by atoms with Crippen molar-refractivity contribution in [1.82, 2.24) is 19.8 Å². The maximum atomic E-state index is 9.11. The van der Waals surface area contributed by atoms with Gasteiger partial charge < -0.3 is 9.63 Å². The van der Waals surface area contributed by atoms with E-state index in [9.17, 15) is 0 Å². The molecule has 0 aliphatic carbocycles. The normalized spacial score (nSPS) is 17.2. The molecule has 0 aromatic carbocycles. The molecule has 1 saturated heterocycles. The Kier molecular flexibility index (Phi) is 4.59. The summed E-state index contributed by atoms with van der Waals surface area (Å²) in [7, 11) is 0. The van der Waals surface area contributed by atoms with E-state index in [0.717, 1.165) is 43.9 Å². The molecule has 0 bridgehead atoms. The quantitative estimate of drug-likeness (QED) is 0.913. The van der Waals surface area contributed by atoms with Gasteiger partial charge in [-0.05, 0) is 45.8 Å². The maximum absolute atomic E-state index is 9.11. The van der Waals surface area contributed by atoms with Gasteiger partial charge in [-0.1, -0.05) is 5.16 Å². The van der Waals surface area contributed by atoms with Gasteiger partial charge in [-0.3, -0.25) is 9.58 Å². The summed E-state index contributed by atoms with van der Waals surface area (Å²) in [6, 6.07) is 2.09. The lowest BCUT2D eigenvalue weighted by molar-refractivity contribution is 0.197. The van der Waals surface area contributed by atoms with Crippen LogP contribution in [0.3, 0.4) is 0 Å². The summed E-state index contributed by atoms with van der Waals surface area (Å²) >= 11 is 0. The molecule has 0 unspecified atom stereocenters. The highest BCUT2D eigenvalue weighted by Gasteiger charge is 2.24. The fraction of sp³-hybridized carbons (Fsp3) is 0.625. The first-order chi connectivity index (χ1) is 10.7. The lowest BCUT2D eigenvalue weighted by Gasteiger charge is -2.32. The van der Waals surface area contributed by atoms with Crippen LogP contribution in [0.5, 0.6) is 0 Å². The third kappa shape index (κ3) is 3.08. The third-order valence-corrected chi connectivity index (χ3v) is 4.63. The monoisotopic (exact) mass is 304 g/mol. The highest BCUT2D eigenvalue weighted by atomic mass is 16.5. The van der Waals surface area contributed by atoms with Gasteiger partial charge in [0.25, 0.3) is 0 Å². The molecule has 0 amide bonds. The first-order valence-corrected chi connectivity index (χ1v) is 7.95. The summed E-state index contributed by atoms with van der Waals surface area (Å²) in [4.78, 5) is 2.47. The number of aryl methyl sites for hydroxylation is 2. The zero-order chi connectivity index (χ0) is 15.5. The van der Waals surface area contributed by atoms with Gasteiger partial charge in [-0.25, -0.2) is 0 Å². The average Bonchev–Trinajstić information content (AvgIpc) is 3.10. The Bertz CT molecular complexity index is 592. The number of nitrogens with zero attached hydrogens (tertiary/aromatic N) is 4. The number of aliphatic hydroxyl groups excluding tert-OH is 1. The van der Waals surface area contributed by atoms with E-state index in [1.807, 2.05) is 24.7 Å². The molecule has 0 spiro atoms. The molecule has 22 heavy (non-hydrogen) atoms. The number of piperidine rings is 1. The predicted molar refractivity (Wildman–Crippen MR) is 82.5 cm³/mol. The van der Waals surface area contributed by atoms with Gasteiger partial charge in [0.05, 0.1) is 18.8 Å². The van der Waals surface area contributed by atoms with E-state index in [1.54, 1.807) is 0 Å². The van der Waals surface area contributed by atoms with Gasteiger partial charge >= 0.3 is 0 Å². The molecule has 6 nitrogen and oxygen atoms in total. The van der Waals surface area contributed by atoms with Gasteiger partial charge in [0.1, 0.15) is 5.76 Å². The van der Waals surface area contributed by atoms with Crippen LogP contribution in [0.25, 0.3) is 0 Å². The Morgan fingerprint density at radius 2 is 2.09 bits per heavy atom. The predicted octanol–water partition coefficient (Wildman–Crippen LogP) is 1.86. The lowest BCUT2D eigenvalue weighted by atomic mass is 9.93. The van der Waals surface area contributed by atoms with E-state index < -0.39 is 0 Å². The minimum atomic E-state index is 0.138. The van der Waals surface area contributed by atoms with Crippen molar-refractivity contribution < 1.29 is 9.63 Å². The molecule has 3 heterocycles. The highest BCUT2D eigenvalue weighted by molar-refractivity contribution is 5.20. The number of likely N-dealkylation sites (tertiary alicyclic amines) is 1. The van der Waals surface area contributed by atoms with E-state index in [2.05, 4.69) is 21.2 Å². The van der Waals surface area contributed by atoms with Gasteiger partial charge in [-0.15, -0.1) is 0 Å². The SMILES string of the molecule is Cc1noc(C)c1CN1CCC(c2ccnn2CCO)CC1. The molecule has 1 fully saturated rings. The van der Waals surface area contributed by atoms with Crippen LogP contribution in [-0.4, -0.2) is 44.6 Å². The molecule has 2 aromatic rings. The molecular weight excluding hydrogens is 280 g/mol. The second-order valence-corrected chi connectivity index (χ2v) is 6.06. The van der Waals surface area contributed by atoms with Crippen LogP contribution in [0.2, 0.25) is 0 Å². The third-order valence-electron chi connectivity index (χ3n) is 4.63. The van der Waals surface area contributed by atoms with Crippen LogP contribution in [0, 0.1) is 13.8 Å². The standard InChI is InChI=1S/C16H24N4O2/c1-12-15(13(2)22-18-12)11-19-7-4-14(5-8-19)16-3-6-17-20(16)9-10-21/h3,6,14,21H,4-5,7-11H2,1-2H3. The average molecular weight is 304 g/mol. The topological polar surface area (TPSA) is 67.3 Å². The van der Waals surface area contributed by atoms with Crippen molar-refractivity contribution >= 4 is 0 Å². The Morgan fingerprint density at radius 3 is 2.73 bits per heavy atom. The second kappa shape index (κ2) is 6.62. The Hall–Kier alpha value is -1.66. The van der Waals surface area contributed by atoms with Crippen molar-refractivity contribution in [2.24, 2.45) is 0 Å². The molecule has 1 N–H and O–H groups in total. The number of aliphatic hydroxyl groups is 1. The fourth-order valence-corrected chi connectivity index (χ4v) is 3.31.